The highest BCUT2D eigenvalue weighted by Gasteiger charge is 2.12. The Labute approximate surface area is 165 Å². The summed E-state index contributed by atoms with van der Waals surface area (Å²) in [5, 5.41) is 3.99. The number of amides is 1. The van der Waals surface area contributed by atoms with Gasteiger partial charge in [-0.25, -0.2) is 5.43 Å². The van der Waals surface area contributed by atoms with Gasteiger partial charge in [0.05, 0.1) is 38.2 Å². The van der Waals surface area contributed by atoms with E-state index in [1.807, 2.05) is 0 Å². The zero-order valence-corrected chi connectivity index (χ0v) is 17.0. The normalized spacial score (nSPS) is 10.5. The third kappa shape index (κ3) is 4.57. The van der Waals surface area contributed by atoms with E-state index in [4.69, 9.17) is 18.9 Å². The third-order valence-corrected chi connectivity index (χ3v) is 4.32. The van der Waals surface area contributed by atoms with Gasteiger partial charge in [0.2, 0.25) is 5.75 Å². The Hall–Kier alpha value is -2.49. The molecule has 0 aliphatic carbocycles. The lowest BCUT2D eigenvalue weighted by molar-refractivity contribution is 0.0955. The first-order chi connectivity index (χ1) is 12.5. The van der Waals surface area contributed by atoms with Crippen molar-refractivity contribution >= 4 is 34.7 Å². The number of hydrogen-bond donors (Lipinski definition) is 1. The van der Waals surface area contributed by atoms with Crippen molar-refractivity contribution in [2.45, 2.75) is 0 Å². The number of carbonyl (C=O) groups excluding carboxylic acids is 1. The number of benzene rings is 2. The fourth-order valence-electron chi connectivity index (χ4n) is 2.21. The molecule has 8 heteroatoms. The average Bonchev–Trinajstić information content (AvgIpc) is 2.66. The second-order valence-corrected chi connectivity index (χ2v) is 6.17. The highest BCUT2D eigenvalue weighted by Crippen LogP contribution is 2.37. The van der Waals surface area contributed by atoms with Crippen LogP contribution in [0.3, 0.4) is 0 Å². The molecule has 0 spiro atoms. The van der Waals surface area contributed by atoms with Crippen molar-refractivity contribution in [1.29, 1.82) is 0 Å². The summed E-state index contributed by atoms with van der Waals surface area (Å²) in [6, 6.07) is 8.59. The summed E-state index contributed by atoms with van der Waals surface area (Å²) < 4.78 is 21.9. The van der Waals surface area contributed by atoms with Crippen molar-refractivity contribution in [3.63, 3.8) is 0 Å². The molecular weight excluding hydrogens is 451 g/mol. The molecule has 7 nitrogen and oxygen atoms in total. The molecule has 0 fully saturated rings. The standard InChI is InChI=1S/C18H19IN2O5/c1-23-14-6-5-12(9-13(14)19)18(22)21-20-10-11-7-15(24-2)17(26-4)16(8-11)25-3/h5-10H,1-4H3,(H,21,22)/b20-10-. The number of carbonyl (C=O) groups is 1. The quantitative estimate of drug-likeness (QED) is 0.383. The summed E-state index contributed by atoms with van der Waals surface area (Å²) in [5.41, 5.74) is 3.66. The first kappa shape index (κ1) is 19.8. The van der Waals surface area contributed by atoms with Gasteiger partial charge in [0.1, 0.15) is 5.75 Å². The average molecular weight is 470 g/mol. The van der Waals surface area contributed by atoms with Gasteiger partial charge in [0, 0.05) is 11.1 Å². The number of nitrogens with zero attached hydrogens (tertiary/aromatic N) is 1. The molecule has 0 atom stereocenters. The van der Waals surface area contributed by atoms with E-state index < -0.39 is 0 Å². The molecule has 2 rings (SSSR count). The van der Waals surface area contributed by atoms with Crippen LogP contribution in [0.5, 0.6) is 23.0 Å². The highest BCUT2D eigenvalue weighted by molar-refractivity contribution is 14.1. The van der Waals surface area contributed by atoms with Gasteiger partial charge in [0.15, 0.2) is 11.5 Å². The van der Waals surface area contributed by atoms with E-state index in [0.29, 0.717) is 34.1 Å². The number of methoxy groups -OCH3 is 4. The van der Waals surface area contributed by atoms with Crippen LogP contribution in [0.25, 0.3) is 0 Å². The second-order valence-electron chi connectivity index (χ2n) is 5.01. The maximum atomic E-state index is 12.2. The number of rotatable bonds is 7. The molecule has 0 saturated carbocycles. The molecule has 138 valence electrons. The molecule has 1 amide bonds. The summed E-state index contributed by atoms with van der Waals surface area (Å²) in [5.74, 6) is 1.88. The minimum absolute atomic E-state index is 0.325. The summed E-state index contributed by atoms with van der Waals surface area (Å²) in [6.07, 6.45) is 1.50. The Kier molecular flexibility index (Phi) is 7.07. The van der Waals surface area contributed by atoms with Crippen LogP contribution >= 0.6 is 22.6 Å². The SMILES string of the molecule is COc1ccc(C(=O)N/N=C\c2cc(OC)c(OC)c(OC)c2)cc1I. The molecule has 0 heterocycles. The summed E-state index contributed by atoms with van der Waals surface area (Å²) >= 11 is 2.11. The Morgan fingerprint density at radius 2 is 1.58 bits per heavy atom. The van der Waals surface area contributed by atoms with Crippen molar-refractivity contribution < 1.29 is 23.7 Å². The van der Waals surface area contributed by atoms with Gasteiger partial charge in [-0.2, -0.15) is 5.10 Å². The van der Waals surface area contributed by atoms with E-state index in [0.717, 1.165) is 3.57 Å². The van der Waals surface area contributed by atoms with E-state index in [1.54, 1.807) is 37.4 Å². The molecule has 0 radical (unpaired) electrons. The van der Waals surface area contributed by atoms with Gasteiger partial charge < -0.3 is 18.9 Å². The largest absolute Gasteiger partial charge is 0.496 e. The maximum Gasteiger partial charge on any atom is 0.271 e. The van der Waals surface area contributed by atoms with Crippen LogP contribution in [0.2, 0.25) is 0 Å². The van der Waals surface area contributed by atoms with Crippen LogP contribution in [0, 0.1) is 3.57 Å². The molecule has 2 aromatic carbocycles. The molecule has 0 aromatic heterocycles. The van der Waals surface area contributed by atoms with Gasteiger partial charge in [-0.1, -0.05) is 0 Å². The van der Waals surface area contributed by atoms with Crippen molar-refractivity contribution in [2.24, 2.45) is 5.10 Å². The van der Waals surface area contributed by atoms with Crippen LogP contribution in [0.15, 0.2) is 35.4 Å². The van der Waals surface area contributed by atoms with Crippen LogP contribution in [-0.2, 0) is 0 Å². The first-order valence-corrected chi connectivity index (χ1v) is 8.58. The molecule has 1 N–H and O–H groups in total. The lowest BCUT2D eigenvalue weighted by atomic mass is 10.2. The molecule has 0 bridgehead atoms. The fraction of sp³-hybridized carbons (Fsp3) is 0.222. The van der Waals surface area contributed by atoms with Crippen molar-refractivity contribution in [2.75, 3.05) is 28.4 Å². The van der Waals surface area contributed by atoms with Crippen LogP contribution < -0.4 is 24.4 Å². The van der Waals surface area contributed by atoms with E-state index in [9.17, 15) is 4.79 Å². The van der Waals surface area contributed by atoms with Crippen molar-refractivity contribution in [1.82, 2.24) is 5.43 Å². The Morgan fingerprint density at radius 3 is 2.08 bits per heavy atom. The van der Waals surface area contributed by atoms with Gasteiger partial charge in [-0.05, 0) is 52.9 Å². The smallest absolute Gasteiger partial charge is 0.271 e. The Bertz CT molecular complexity index is 798. The predicted molar refractivity (Wildman–Crippen MR) is 107 cm³/mol. The van der Waals surface area contributed by atoms with Crippen LogP contribution in [0.4, 0.5) is 0 Å². The second kappa shape index (κ2) is 9.27. The minimum atomic E-state index is -0.325. The van der Waals surface area contributed by atoms with Crippen LogP contribution in [0.1, 0.15) is 15.9 Å². The summed E-state index contributed by atoms with van der Waals surface area (Å²) in [7, 11) is 6.18. The number of hydrazone groups is 1. The number of ether oxygens (including phenoxy) is 4. The maximum absolute atomic E-state index is 12.2. The summed E-state index contributed by atoms with van der Waals surface area (Å²) in [4.78, 5) is 12.2. The van der Waals surface area contributed by atoms with Crippen molar-refractivity contribution in [3.05, 3.63) is 45.0 Å². The Morgan fingerprint density at radius 1 is 0.962 bits per heavy atom. The Balaban J connectivity index is 2.15. The van der Waals surface area contributed by atoms with E-state index in [1.165, 1.54) is 27.5 Å². The number of hydrogen-bond acceptors (Lipinski definition) is 6. The molecule has 0 aliphatic heterocycles. The van der Waals surface area contributed by atoms with E-state index in [2.05, 4.69) is 33.1 Å². The topological polar surface area (TPSA) is 78.4 Å². The minimum Gasteiger partial charge on any atom is -0.496 e. The predicted octanol–water partition coefficient (Wildman–Crippen LogP) is 3.09. The molecule has 0 aliphatic rings. The lowest BCUT2D eigenvalue weighted by Crippen LogP contribution is -2.17. The van der Waals surface area contributed by atoms with Gasteiger partial charge >= 0.3 is 0 Å². The lowest BCUT2D eigenvalue weighted by Gasteiger charge is -2.12. The van der Waals surface area contributed by atoms with Crippen molar-refractivity contribution in [3.8, 4) is 23.0 Å². The monoisotopic (exact) mass is 470 g/mol. The first-order valence-electron chi connectivity index (χ1n) is 7.51. The molecular formula is C18H19IN2O5. The van der Waals surface area contributed by atoms with E-state index in [-0.39, 0.29) is 5.91 Å². The number of halogens is 1. The highest BCUT2D eigenvalue weighted by atomic mass is 127. The number of nitrogens with one attached hydrogen (secondary N) is 1. The van der Waals surface area contributed by atoms with Crippen LogP contribution in [-0.4, -0.2) is 40.6 Å². The molecule has 2 aromatic rings. The molecule has 0 saturated heterocycles. The van der Waals surface area contributed by atoms with E-state index >= 15 is 0 Å². The third-order valence-electron chi connectivity index (χ3n) is 3.48. The zero-order valence-electron chi connectivity index (χ0n) is 14.8. The molecule has 0 unspecified atom stereocenters. The summed E-state index contributed by atoms with van der Waals surface area (Å²) in [6.45, 7) is 0. The van der Waals surface area contributed by atoms with Gasteiger partial charge in [0.25, 0.3) is 5.91 Å². The molecule has 26 heavy (non-hydrogen) atoms. The zero-order chi connectivity index (χ0) is 19.1. The fourth-order valence-corrected chi connectivity index (χ4v) is 2.95. The van der Waals surface area contributed by atoms with Gasteiger partial charge in [-0.15, -0.1) is 0 Å². The van der Waals surface area contributed by atoms with Gasteiger partial charge in [-0.3, -0.25) is 4.79 Å².